The van der Waals surface area contributed by atoms with Crippen LogP contribution in [0.15, 0.2) is 0 Å². The Bertz CT molecular complexity index is 673. The zero-order valence-electron chi connectivity index (χ0n) is 20.5. The van der Waals surface area contributed by atoms with Crippen LogP contribution in [0.25, 0.3) is 0 Å². The standard InChI is InChI=1S/C24H40N2O8/c1-3-5-15-25-31-21(28)18-11-7-8-12-19(18)22(29)33-34-24(17-27)14-10-9-13-20(24)23(30)32-26-16-6-4-2/h17-20,25-26H,3-16H2,1-2H3. The van der Waals surface area contributed by atoms with Crippen molar-refractivity contribution in [2.75, 3.05) is 13.1 Å². The number of rotatable bonds is 14. The summed E-state index contributed by atoms with van der Waals surface area (Å²) < 4.78 is 0. The molecule has 4 unspecified atom stereocenters. The van der Waals surface area contributed by atoms with E-state index in [1.165, 1.54) is 0 Å². The maximum absolute atomic E-state index is 12.9. The monoisotopic (exact) mass is 484 g/mol. The average Bonchev–Trinajstić information content (AvgIpc) is 2.87. The molecule has 0 aliphatic heterocycles. The smallest absolute Gasteiger partial charge is 0.346 e. The van der Waals surface area contributed by atoms with Crippen LogP contribution in [-0.4, -0.2) is 42.9 Å². The number of nitrogens with one attached hydrogen (secondary N) is 2. The van der Waals surface area contributed by atoms with Crippen molar-refractivity contribution < 1.29 is 38.6 Å². The van der Waals surface area contributed by atoms with Gasteiger partial charge >= 0.3 is 17.9 Å². The van der Waals surface area contributed by atoms with Crippen LogP contribution in [0.4, 0.5) is 0 Å². The first-order valence-electron chi connectivity index (χ1n) is 12.7. The van der Waals surface area contributed by atoms with Gasteiger partial charge in [0.1, 0.15) is 0 Å². The molecule has 4 atom stereocenters. The molecule has 2 saturated carbocycles. The molecule has 0 radical (unpaired) electrons. The average molecular weight is 485 g/mol. The molecule has 10 nitrogen and oxygen atoms in total. The minimum absolute atomic E-state index is 0.232. The highest BCUT2D eigenvalue weighted by Gasteiger charge is 2.50. The number of aldehydes is 1. The largest absolute Gasteiger partial charge is 0.370 e. The molecule has 0 saturated heterocycles. The third-order valence-corrected chi connectivity index (χ3v) is 6.64. The zero-order chi connectivity index (χ0) is 24.8. The van der Waals surface area contributed by atoms with E-state index < -0.39 is 41.3 Å². The van der Waals surface area contributed by atoms with Gasteiger partial charge in [0.05, 0.1) is 17.8 Å². The quantitative estimate of drug-likeness (QED) is 0.164. The van der Waals surface area contributed by atoms with E-state index in [2.05, 4.69) is 11.0 Å². The molecule has 0 bridgehead atoms. The van der Waals surface area contributed by atoms with Gasteiger partial charge in [-0.2, -0.15) is 15.8 Å². The number of hydrogen-bond acceptors (Lipinski definition) is 10. The zero-order valence-corrected chi connectivity index (χ0v) is 20.5. The Morgan fingerprint density at radius 1 is 0.824 bits per heavy atom. The number of hydroxylamine groups is 2. The maximum atomic E-state index is 12.9. The molecule has 2 aliphatic rings. The summed E-state index contributed by atoms with van der Waals surface area (Å²) in [5.74, 6) is -4.12. The molecule has 34 heavy (non-hydrogen) atoms. The molecule has 0 aromatic rings. The number of unbranched alkanes of at least 4 members (excludes halogenated alkanes) is 2. The molecule has 2 fully saturated rings. The summed E-state index contributed by atoms with van der Waals surface area (Å²) in [5, 5.41) is 0. The summed E-state index contributed by atoms with van der Waals surface area (Å²) >= 11 is 0. The molecular weight excluding hydrogens is 444 g/mol. The van der Waals surface area contributed by atoms with Gasteiger partial charge < -0.3 is 9.68 Å². The van der Waals surface area contributed by atoms with Crippen molar-refractivity contribution in [2.24, 2.45) is 17.8 Å². The van der Waals surface area contributed by atoms with Crippen LogP contribution in [0.1, 0.15) is 90.9 Å². The van der Waals surface area contributed by atoms with Gasteiger partial charge in [0, 0.05) is 13.1 Å². The lowest BCUT2D eigenvalue weighted by Gasteiger charge is -2.36. The van der Waals surface area contributed by atoms with E-state index in [1.807, 2.05) is 13.8 Å². The Balaban J connectivity index is 1.98. The molecule has 10 heteroatoms. The second kappa shape index (κ2) is 15.1. The topological polar surface area (TPSA) is 129 Å². The van der Waals surface area contributed by atoms with Gasteiger partial charge in [0.15, 0.2) is 11.9 Å². The fraction of sp³-hybridized carbons (Fsp3) is 0.833. The van der Waals surface area contributed by atoms with E-state index in [4.69, 9.17) is 19.5 Å². The SMILES string of the molecule is CCCCNOC(=O)C1CCCCC1C(=O)OOC1(C=O)CCCCC1C(=O)ONCCCC. The van der Waals surface area contributed by atoms with Crippen molar-refractivity contribution in [3.05, 3.63) is 0 Å². The Hall–Kier alpha value is -2.04. The summed E-state index contributed by atoms with van der Waals surface area (Å²) in [6.45, 7) is 5.09. The van der Waals surface area contributed by atoms with Crippen molar-refractivity contribution in [1.82, 2.24) is 11.0 Å². The second-order valence-electron chi connectivity index (χ2n) is 9.19. The number of carbonyl (C=O) groups is 4. The second-order valence-corrected chi connectivity index (χ2v) is 9.19. The Morgan fingerprint density at radius 3 is 1.97 bits per heavy atom. The first-order chi connectivity index (χ1) is 16.5. The van der Waals surface area contributed by atoms with Crippen LogP contribution < -0.4 is 11.0 Å². The predicted molar refractivity (Wildman–Crippen MR) is 121 cm³/mol. The minimum Gasteiger partial charge on any atom is -0.370 e. The van der Waals surface area contributed by atoms with E-state index in [-0.39, 0.29) is 6.42 Å². The molecule has 2 aliphatic carbocycles. The van der Waals surface area contributed by atoms with Crippen LogP contribution in [0, 0.1) is 17.8 Å². The highest BCUT2D eigenvalue weighted by atomic mass is 17.2. The number of hydrogen-bond donors (Lipinski definition) is 2. The van der Waals surface area contributed by atoms with E-state index in [9.17, 15) is 19.2 Å². The molecule has 0 amide bonds. The molecule has 0 spiro atoms. The van der Waals surface area contributed by atoms with Gasteiger partial charge in [-0.3, -0.25) is 14.5 Å². The summed E-state index contributed by atoms with van der Waals surface area (Å²) in [7, 11) is 0. The Kier molecular flexibility index (Phi) is 12.5. The van der Waals surface area contributed by atoms with Gasteiger partial charge in [-0.05, 0) is 44.9 Å². The van der Waals surface area contributed by atoms with Crippen LogP contribution in [0.5, 0.6) is 0 Å². The highest BCUT2D eigenvalue weighted by molar-refractivity contribution is 5.83. The van der Waals surface area contributed by atoms with Gasteiger partial charge in [0.25, 0.3) is 0 Å². The fourth-order valence-electron chi connectivity index (χ4n) is 4.51. The molecule has 0 heterocycles. The fourth-order valence-corrected chi connectivity index (χ4v) is 4.51. The highest BCUT2D eigenvalue weighted by Crippen LogP contribution is 2.38. The lowest BCUT2D eigenvalue weighted by atomic mass is 9.76. The van der Waals surface area contributed by atoms with Crippen molar-refractivity contribution in [2.45, 2.75) is 96.5 Å². The number of carbonyl (C=O) groups excluding carboxylic acids is 4. The lowest BCUT2D eigenvalue weighted by molar-refractivity contribution is -0.338. The van der Waals surface area contributed by atoms with Crippen molar-refractivity contribution in [1.29, 1.82) is 0 Å². The predicted octanol–water partition coefficient (Wildman–Crippen LogP) is 3.09. The summed E-state index contributed by atoms with van der Waals surface area (Å²) in [6.07, 6.45) is 8.65. The third kappa shape index (κ3) is 8.02. The van der Waals surface area contributed by atoms with E-state index in [0.29, 0.717) is 45.1 Å². The summed E-state index contributed by atoms with van der Waals surface area (Å²) in [6, 6.07) is 0. The molecular formula is C24H40N2O8. The lowest BCUT2D eigenvalue weighted by Crippen LogP contribution is -2.50. The maximum Gasteiger partial charge on any atom is 0.346 e. The minimum atomic E-state index is -1.61. The molecule has 0 aromatic heterocycles. The van der Waals surface area contributed by atoms with E-state index in [0.717, 1.165) is 44.9 Å². The van der Waals surface area contributed by atoms with Gasteiger partial charge in [-0.15, -0.1) is 0 Å². The van der Waals surface area contributed by atoms with Crippen LogP contribution in [0.2, 0.25) is 0 Å². The van der Waals surface area contributed by atoms with Crippen molar-refractivity contribution >= 4 is 24.2 Å². The summed E-state index contributed by atoms with van der Waals surface area (Å²) in [4.78, 5) is 71.0. The first-order valence-corrected chi connectivity index (χ1v) is 12.7. The molecule has 0 aromatic carbocycles. The van der Waals surface area contributed by atoms with Crippen LogP contribution in [-0.2, 0) is 38.6 Å². The Labute approximate surface area is 201 Å². The summed E-state index contributed by atoms with van der Waals surface area (Å²) in [5.41, 5.74) is 3.66. The molecule has 194 valence electrons. The van der Waals surface area contributed by atoms with Crippen LogP contribution >= 0.6 is 0 Å². The van der Waals surface area contributed by atoms with Crippen molar-refractivity contribution in [3.8, 4) is 0 Å². The van der Waals surface area contributed by atoms with Crippen molar-refractivity contribution in [3.63, 3.8) is 0 Å². The van der Waals surface area contributed by atoms with E-state index in [1.54, 1.807) is 0 Å². The first kappa shape index (κ1) is 28.2. The third-order valence-electron chi connectivity index (χ3n) is 6.64. The van der Waals surface area contributed by atoms with Gasteiger partial charge in [-0.1, -0.05) is 46.0 Å². The Morgan fingerprint density at radius 2 is 1.38 bits per heavy atom. The van der Waals surface area contributed by atoms with Gasteiger partial charge in [-0.25, -0.2) is 9.59 Å². The van der Waals surface area contributed by atoms with E-state index >= 15 is 0 Å². The molecule has 2 N–H and O–H groups in total. The normalized spacial score (nSPS) is 26.9. The molecule has 2 rings (SSSR count). The van der Waals surface area contributed by atoms with Gasteiger partial charge in [0.2, 0.25) is 0 Å². The van der Waals surface area contributed by atoms with Crippen LogP contribution in [0.3, 0.4) is 0 Å².